The largest absolute Gasteiger partial charge is 0.353 e. The fourth-order valence-corrected chi connectivity index (χ4v) is 2.88. The molecule has 1 fully saturated rings. The highest BCUT2D eigenvalue weighted by atomic mass is 32.1. The Morgan fingerprint density at radius 2 is 2.35 bits per heavy atom. The summed E-state index contributed by atoms with van der Waals surface area (Å²) >= 11 is 1.48. The van der Waals surface area contributed by atoms with Crippen LogP contribution in [-0.4, -0.2) is 35.8 Å². The number of piperazine rings is 1. The topological polar surface area (TPSA) is 49.4 Å². The molecule has 0 bridgehead atoms. The number of carbonyl (C=O) groups excluding carboxylic acids is 2. The fourth-order valence-electron chi connectivity index (χ4n) is 2.05. The Balaban J connectivity index is 2.20. The van der Waals surface area contributed by atoms with Crippen LogP contribution in [0, 0.1) is 6.92 Å². The van der Waals surface area contributed by atoms with Gasteiger partial charge in [0.05, 0.1) is 4.88 Å². The molecule has 0 spiro atoms. The van der Waals surface area contributed by atoms with Crippen molar-refractivity contribution in [1.82, 2.24) is 10.2 Å². The van der Waals surface area contributed by atoms with Crippen LogP contribution in [0.3, 0.4) is 0 Å². The molecule has 0 aliphatic carbocycles. The number of hydrogen-bond donors (Lipinski definition) is 1. The van der Waals surface area contributed by atoms with Gasteiger partial charge in [0, 0.05) is 18.0 Å². The first-order chi connectivity index (χ1) is 8.13. The quantitative estimate of drug-likeness (QED) is 0.865. The summed E-state index contributed by atoms with van der Waals surface area (Å²) in [5, 5.41) is 2.80. The van der Waals surface area contributed by atoms with Gasteiger partial charge in [0.2, 0.25) is 5.91 Å². The van der Waals surface area contributed by atoms with Crippen LogP contribution in [0.15, 0.2) is 12.1 Å². The molecule has 4 nitrogen and oxygen atoms in total. The van der Waals surface area contributed by atoms with E-state index in [1.807, 2.05) is 26.0 Å². The first-order valence-electron chi connectivity index (χ1n) is 5.78. The van der Waals surface area contributed by atoms with Crippen LogP contribution < -0.4 is 5.32 Å². The van der Waals surface area contributed by atoms with Gasteiger partial charge < -0.3 is 10.2 Å². The van der Waals surface area contributed by atoms with Gasteiger partial charge in [0.1, 0.15) is 6.04 Å². The number of nitrogens with one attached hydrogen (secondary N) is 1. The predicted molar refractivity (Wildman–Crippen MR) is 67.2 cm³/mol. The third-order valence-corrected chi connectivity index (χ3v) is 3.92. The molecule has 1 saturated heterocycles. The number of hydrogen-bond acceptors (Lipinski definition) is 3. The molecule has 2 rings (SSSR count). The first kappa shape index (κ1) is 12.1. The van der Waals surface area contributed by atoms with Crippen LogP contribution in [0.1, 0.15) is 27.9 Å². The number of thiophene rings is 1. The van der Waals surface area contributed by atoms with Crippen LogP contribution in [0.4, 0.5) is 0 Å². The van der Waals surface area contributed by atoms with Gasteiger partial charge in [0.15, 0.2) is 0 Å². The lowest BCUT2D eigenvalue weighted by molar-refractivity contribution is -0.127. The zero-order valence-corrected chi connectivity index (χ0v) is 10.8. The number of amides is 2. The number of rotatable bonds is 2. The first-order valence-corrected chi connectivity index (χ1v) is 6.60. The summed E-state index contributed by atoms with van der Waals surface area (Å²) in [6.45, 7) is 5.04. The third-order valence-electron chi connectivity index (χ3n) is 2.93. The average Bonchev–Trinajstić information content (AvgIpc) is 2.74. The van der Waals surface area contributed by atoms with Crippen molar-refractivity contribution in [2.45, 2.75) is 26.3 Å². The second-order valence-corrected chi connectivity index (χ2v) is 5.41. The summed E-state index contributed by atoms with van der Waals surface area (Å²) in [6, 6.07) is 3.45. The van der Waals surface area contributed by atoms with E-state index in [4.69, 9.17) is 0 Å². The van der Waals surface area contributed by atoms with Gasteiger partial charge in [-0.15, -0.1) is 11.3 Å². The minimum absolute atomic E-state index is 0.0233. The van der Waals surface area contributed by atoms with Gasteiger partial charge >= 0.3 is 0 Å². The lowest BCUT2D eigenvalue weighted by Gasteiger charge is -2.34. The average molecular weight is 252 g/mol. The van der Waals surface area contributed by atoms with E-state index in [1.165, 1.54) is 11.3 Å². The van der Waals surface area contributed by atoms with E-state index >= 15 is 0 Å². The van der Waals surface area contributed by atoms with Gasteiger partial charge in [-0.05, 0) is 25.5 Å². The predicted octanol–water partition coefficient (Wildman–Crippen LogP) is 1.41. The highest BCUT2D eigenvalue weighted by Gasteiger charge is 2.32. The van der Waals surface area contributed by atoms with Crippen LogP contribution in [-0.2, 0) is 4.79 Å². The molecule has 92 valence electrons. The van der Waals surface area contributed by atoms with Gasteiger partial charge in [-0.1, -0.05) is 6.92 Å². The summed E-state index contributed by atoms with van der Waals surface area (Å²) in [6.07, 6.45) is 0.655. The van der Waals surface area contributed by atoms with E-state index in [0.717, 1.165) is 9.75 Å². The summed E-state index contributed by atoms with van der Waals surface area (Å²) in [5.74, 6) is -0.0646. The number of carbonyl (C=O) groups is 2. The third kappa shape index (κ3) is 2.34. The maximum Gasteiger partial charge on any atom is 0.264 e. The van der Waals surface area contributed by atoms with Crippen molar-refractivity contribution in [1.29, 1.82) is 0 Å². The Bertz CT molecular complexity index is 441. The molecule has 1 aliphatic rings. The van der Waals surface area contributed by atoms with Crippen molar-refractivity contribution in [3.63, 3.8) is 0 Å². The second-order valence-electron chi connectivity index (χ2n) is 4.12. The summed E-state index contributed by atoms with van der Waals surface area (Å²) in [4.78, 5) is 27.5. The molecular formula is C12H16N2O2S. The van der Waals surface area contributed by atoms with Crippen LogP contribution in [0.2, 0.25) is 0 Å². The molecular weight excluding hydrogens is 236 g/mol. The smallest absolute Gasteiger partial charge is 0.264 e. The van der Waals surface area contributed by atoms with Crippen molar-refractivity contribution in [2.75, 3.05) is 13.1 Å². The normalized spacial score (nSPS) is 20.2. The monoisotopic (exact) mass is 252 g/mol. The van der Waals surface area contributed by atoms with Crippen LogP contribution in [0.5, 0.6) is 0 Å². The van der Waals surface area contributed by atoms with Gasteiger partial charge in [-0.3, -0.25) is 9.59 Å². The maximum atomic E-state index is 12.3. The van der Waals surface area contributed by atoms with E-state index in [0.29, 0.717) is 19.5 Å². The van der Waals surface area contributed by atoms with E-state index in [2.05, 4.69) is 5.32 Å². The van der Waals surface area contributed by atoms with E-state index in [-0.39, 0.29) is 17.9 Å². The Morgan fingerprint density at radius 1 is 1.59 bits per heavy atom. The lowest BCUT2D eigenvalue weighted by Crippen LogP contribution is -2.56. The molecule has 5 heteroatoms. The Morgan fingerprint density at radius 3 is 2.94 bits per heavy atom. The van der Waals surface area contributed by atoms with Gasteiger partial charge in [0.25, 0.3) is 5.91 Å². The standard InChI is InChI=1S/C12H16N2O2S/c1-3-9-11(15)13-6-7-14(9)12(16)10-5-4-8(2)17-10/h4-5,9H,3,6-7H2,1-2H3,(H,13,15). The van der Waals surface area contributed by atoms with Gasteiger partial charge in [-0.25, -0.2) is 0 Å². The Labute approximate surface area is 105 Å². The molecule has 0 saturated carbocycles. The van der Waals surface area contributed by atoms with Crippen LogP contribution >= 0.6 is 11.3 Å². The number of nitrogens with zero attached hydrogens (tertiary/aromatic N) is 1. The molecule has 17 heavy (non-hydrogen) atoms. The molecule has 2 amide bonds. The van der Waals surface area contributed by atoms with E-state index in [9.17, 15) is 9.59 Å². The Hall–Kier alpha value is -1.36. The SMILES string of the molecule is CCC1C(=O)NCCN1C(=O)c1ccc(C)s1. The van der Waals surface area contributed by atoms with E-state index < -0.39 is 0 Å². The highest BCUT2D eigenvalue weighted by molar-refractivity contribution is 7.13. The van der Waals surface area contributed by atoms with Crippen molar-refractivity contribution in [3.05, 3.63) is 21.9 Å². The maximum absolute atomic E-state index is 12.3. The minimum Gasteiger partial charge on any atom is -0.353 e. The summed E-state index contributed by atoms with van der Waals surface area (Å²) in [7, 11) is 0. The van der Waals surface area contributed by atoms with E-state index in [1.54, 1.807) is 4.90 Å². The zero-order valence-electron chi connectivity index (χ0n) is 10.0. The highest BCUT2D eigenvalue weighted by Crippen LogP contribution is 2.20. The van der Waals surface area contributed by atoms with Crippen molar-refractivity contribution < 1.29 is 9.59 Å². The van der Waals surface area contributed by atoms with Crippen molar-refractivity contribution in [2.24, 2.45) is 0 Å². The molecule has 1 N–H and O–H groups in total. The molecule has 2 heterocycles. The number of aryl methyl sites for hydroxylation is 1. The minimum atomic E-state index is -0.321. The molecule has 1 aromatic rings. The zero-order chi connectivity index (χ0) is 12.4. The second kappa shape index (κ2) is 4.87. The summed E-state index contributed by atoms with van der Waals surface area (Å²) < 4.78 is 0. The van der Waals surface area contributed by atoms with Crippen molar-refractivity contribution >= 4 is 23.2 Å². The molecule has 1 aliphatic heterocycles. The molecule has 1 atom stereocenters. The molecule has 1 unspecified atom stereocenters. The summed E-state index contributed by atoms with van der Waals surface area (Å²) in [5.41, 5.74) is 0. The lowest BCUT2D eigenvalue weighted by atomic mass is 10.1. The van der Waals surface area contributed by atoms with Crippen LogP contribution in [0.25, 0.3) is 0 Å². The molecule has 1 aromatic heterocycles. The Kier molecular flexibility index (Phi) is 3.47. The fraction of sp³-hybridized carbons (Fsp3) is 0.500. The van der Waals surface area contributed by atoms with Crippen molar-refractivity contribution in [3.8, 4) is 0 Å². The molecule has 0 radical (unpaired) electrons. The van der Waals surface area contributed by atoms with Gasteiger partial charge in [-0.2, -0.15) is 0 Å². The molecule has 0 aromatic carbocycles.